The van der Waals surface area contributed by atoms with E-state index in [1.54, 1.807) is 18.2 Å². The molecular weight excluding hydrogens is 257 g/mol. The van der Waals surface area contributed by atoms with Gasteiger partial charge in [0.2, 0.25) is 0 Å². The Morgan fingerprint density at radius 3 is 2.42 bits per heavy atom. The molecule has 0 radical (unpaired) electrons. The summed E-state index contributed by atoms with van der Waals surface area (Å²) in [6.45, 7) is 0.411. The lowest BCUT2D eigenvalue weighted by molar-refractivity contribution is -0.184. The lowest BCUT2D eigenvalue weighted by atomic mass is 9.82. The largest absolute Gasteiger partial charge is 0.508 e. The number of hydrogen-bond donors (Lipinski definition) is 1. The molecule has 2 nitrogen and oxygen atoms in total. The van der Waals surface area contributed by atoms with Gasteiger partial charge in [0.1, 0.15) is 11.5 Å². The fraction of sp³-hybridized carbons (Fsp3) is 0.571. The molecule has 5 heteroatoms. The van der Waals surface area contributed by atoms with E-state index in [-0.39, 0.29) is 24.5 Å². The third-order valence-electron chi connectivity index (χ3n) is 3.61. The molecule has 0 saturated heterocycles. The predicted octanol–water partition coefficient (Wildman–Crippen LogP) is 4.14. The molecule has 0 spiro atoms. The van der Waals surface area contributed by atoms with E-state index in [9.17, 15) is 18.3 Å². The summed E-state index contributed by atoms with van der Waals surface area (Å²) in [7, 11) is 0. The number of halogens is 3. The van der Waals surface area contributed by atoms with Gasteiger partial charge >= 0.3 is 6.18 Å². The number of phenolic OH excluding ortho intramolecular Hbond substituents is 1. The first-order chi connectivity index (χ1) is 8.95. The van der Waals surface area contributed by atoms with Crippen LogP contribution in [-0.4, -0.2) is 17.9 Å². The van der Waals surface area contributed by atoms with Crippen LogP contribution in [0.4, 0.5) is 13.2 Å². The van der Waals surface area contributed by atoms with Gasteiger partial charge in [0.05, 0.1) is 12.5 Å². The van der Waals surface area contributed by atoms with Gasteiger partial charge in [-0.1, -0.05) is 6.07 Å². The number of rotatable bonds is 3. The van der Waals surface area contributed by atoms with Crippen molar-refractivity contribution in [2.45, 2.75) is 31.9 Å². The zero-order valence-corrected chi connectivity index (χ0v) is 10.5. The van der Waals surface area contributed by atoms with E-state index in [2.05, 4.69) is 0 Å². The second-order valence-electron chi connectivity index (χ2n) is 5.07. The summed E-state index contributed by atoms with van der Waals surface area (Å²) in [6.07, 6.45) is -2.59. The summed E-state index contributed by atoms with van der Waals surface area (Å²) >= 11 is 0. The lowest BCUT2D eigenvalue weighted by Crippen LogP contribution is -2.29. The second-order valence-corrected chi connectivity index (χ2v) is 5.07. The van der Waals surface area contributed by atoms with E-state index in [1.165, 1.54) is 6.07 Å². The van der Waals surface area contributed by atoms with Crippen molar-refractivity contribution < 1.29 is 23.0 Å². The van der Waals surface area contributed by atoms with Crippen molar-refractivity contribution >= 4 is 0 Å². The van der Waals surface area contributed by atoms with Crippen molar-refractivity contribution in [2.75, 3.05) is 6.61 Å². The van der Waals surface area contributed by atoms with Crippen LogP contribution < -0.4 is 4.74 Å². The van der Waals surface area contributed by atoms with Crippen LogP contribution >= 0.6 is 0 Å². The molecule has 2 rings (SSSR count). The molecule has 1 aromatic carbocycles. The van der Waals surface area contributed by atoms with Crippen LogP contribution in [0.5, 0.6) is 11.5 Å². The Hall–Kier alpha value is -1.39. The molecule has 0 aromatic heterocycles. The van der Waals surface area contributed by atoms with Gasteiger partial charge in [-0.3, -0.25) is 0 Å². The Morgan fingerprint density at radius 2 is 1.84 bits per heavy atom. The highest BCUT2D eigenvalue weighted by molar-refractivity contribution is 5.31. The van der Waals surface area contributed by atoms with Crippen LogP contribution in [-0.2, 0) is 0 Å². The summed E-state index contributed by atoms with van der Waals surface area (Å²) in [5, 5.41) is 9.27. The van der Waals surface area contributed by atoms with Crippen LogP contribution in [0.1, 0.15) is 25.7 Å². The molecule has 0 atom stereocenters. The van der Waals surface area contributed by atoms with Crippen LogP contribution in [0.3, 0.4) is 0 Å². The standard InChI is InChI=1S/C14H17F3O2/c15-14(16,17)11-6-4-10(5-7-11)9-19-13-3-1-2-12(18)8-13/h1-3,8,10-11,18H,4-7,9H2/t10-,11+. The topological polar surface area (TPSA) is 29.5 Å². The minimum atomic E-state index is -4.06. The van der Waals surface area contributed by atoms with Gasteiger partial charge in [-0.2, -0.15) is 13.2 Å². The average molecular weight is 274 g/mol. The summed E-state index contributed by atoms with van der Waals surface area (Å²) in [4.78, 5) is 0. The number of hydrogen-bond acceptors (Lipinski definition) is 2. The molecule has 0 amide bonds. The van der Waals surface area contributed by atoms with E-state index < -0.39 is 12.1 Å². The van der Waals surface area contributed by atoms with E-state index in [0.717, 1.165) is 0 Å². The summed E-state index contributed by atoms with van der Waals surface area (Å²) in [5.74, 6) is -0.304. The number of alkyl halides is 3. The molecule has 0 heterocycles. The Balaban J connectivity index is 1.77. The monoisotopic (exact) mass is 274 g/mol. The van der Waals surface area contributed by atoms with Crippen molar-refractivity contribution in [3.8, 4) is 11.5 Å². The normalized spacial score (nSPS) is 24.2. The highest BCUT2D eigenvalue weighted by atomic mass is 19.4. The van der Waals surface area contributed by atoms with Crippen LogP contribution in [0.25, 0.3) is 0 Å². The molecule has 19 heavy (non-hydrogen) atoms. The third-order valence-corrected chi connectivity index (χ3v) is 3.61. The fourth-order valence-electron chi connectivity index (χ4n) is 2.44. The minimum Gasteiger partial charge on any atom is -0.508 e. The highest BCUT2D eigenvalue weighted by Gasteiger charge is 2.41. The maximum atomic E-state index is 12.5. The van der Waals surface area contributed by atoms with Crippen molar-refractivity contribution in [2.24, 2.45) is 11.8 Å². The lowest BCUT2D eigenvalue weighted by Gasteiger charge is -2.29. The maximum absolute atomic E-state index is 12.5. The Bertz CT molecular complexity index is 409. The summed E-state index contributed by atoms with van der Waals surface area (Å²) in [5.41, 5.74) is 0. The average Bonchev–Trinajstić information content (AvgIpc) is 2.36. The van der Waals surface area contributed by atoms with E-state index in [4.69, 9.17) is 4.74 Å². The van der Waals surface area contributed by atoms with Crippen molar-refractivity contribution in [3.05, 3.63) is 24.3 Å². The number of aromatic hydroxyl groups is 1. The number of phenols is 1. The van der Waals surface area contributed by atoms with Gasteiger partial charge in [-0.25, -0.2) is 0 Å². The van der Waals surface area contributed by atoms with Gasteiger partial charge < -0.3 is 9.84 Å². The second kappa shape index (κ2) is 5.72. The SMILES string of the molecule is Oc1cccc(OC[C@H]2CC[C@@H](C(F)(F)F)CC2)c1. The molecule has 1 aliphatic carbocycles. The number of ether oxygens (including phenoxy) is 1. The van der Waals surface area contributed by atoms with Crippen molar-refractivity contribution in [3.63, 3.8) is 0 Å². The summed E-state index contributed by atoms with van der Waals surface area (Å²) < 4.78 is 43.0. The van der Waals surface area contributed by atoms with Gasteiger partial charge in [-0.15, -0.1) is 0 Å². The Morgan fingerprint density at radius 1 is 1.16 bits per heavy atom. The zero-order valence-electron chi connectivity index (χ0n) is 10.5. The van der Waals surface area contributed by atoms with Gasteiger partial charge in [-0.05, 0) is 43.7 Å². The van der Waals surface area contributed by atoms with Crippen molar-refractivity contribution in [1.82, 2.24) is 0 Å². The molecule has 106 valence electrons. The molecule has 1 aromatic rings. The first-order valence-electron chi connectivity index (χ1n) is 6.43. The predicted molar refractivity (Wildman–Crippen MR) is 65.1 cm³/mol. The smallest absolute Gasteiger partial charge is 0.391 e. The highest BCUT2D eigenvalue weighted by Crippen LogP contribution is 2.39. The molecule has 1 aliphatic rings. The maximum Gasteiger partial charge on any atom is 0.391 e. The molecule has 1 N–H and O–H groups in total. The molecule has 0 aliphatic heterocycles. The van der Waals surface area contributed by atoms with Crippen LogP contribution in [0.15, 0.2) is 24.3 Å². The van der Waals surface area contributed by atoms with Crippen LogP contribution in [0.2, 0.25) is 0 Å². The Labute approximate surface area is 110 Å². The quantitative estimate of drug-likeness (QED) is 0.897. The molecule has 1 saturated carbocycles. The molecular formula is C14H17F3O2. The molecule has 0 unspecified atom stereocenters. The van der Waals surface area contributed by atoms with Crippen LogP contribution in [0, 0.1) is 11.8 Å². The molecule has 1 fully saturated rings. The van der Waals surface area contributed by atoms with Gasteiger partial charge in [0.25, 0.3) is 0 Å². The van der Waals surface area contributed by atoms with E-state index in [1.807, 2.05) is 0 Å². The van der Waals surface area contributed by atoms with Crippen molar-refractivity contribution in [1.29, 1.82) is 0 Å². The first kappa shape index (κ1) is 14.0. The fourth-order valence-corrected chi connectivity index (χ4v) is 2.44. The first-order valence-corrected chi connectivity index (χ1v) is 6.43. The third kappa shape index (κ3) is 4.04. The molecule has 0 bridgehead atoms. The van der Waals surface area contributed by atoms with E-state index >= 15 is 0 Å². The minimum absolute atomic E-state index is 0.123. The van der Waals surface area contributed by atoms with E-state index in [0.29, 0.717) is 25.2 Å². The van der Waals surface area contributed by atoms with Gasteiger partial charge in [0.15, 0.2) is 0 Å². The Kier molecular flexibility index (Phi) is 4.22. The number of benzene rings is 1. The zero-order chi connectivity index (χ0) is 13.9. The summed E-state index contributed by atoms with van der Waals surface area (Å²) in [6, 6.07) is 6.44. The van der Waals surface area contributed by atoms with Gasteiger partial charge in [0, 0.05) is 6.07 Å².